The minimum atomic E-state index is 0.502. The van der Waals surface area contributed by atoms with Gasteiger partial charge in [0.25, 0.3) is 0 Å². The molecule has 7 aromatic rings. The Labute approximate surface area is 224 Å². The summed E-state index contributed by atoms with van der Waals surface area (Å²) < 4.78 is 8.59. The lowest BCUT2D eigenvalue weighted by molar-refractivity contribution is 0.466. The van der Waals surface area contributed by atoms with E-state index in [-0.39, 0.29) is 0 Å². The molecule has 0 saturated carbocycles. The molecule has 0 saturated heterocycles. The third-order valence-corrected chi connectivity index (χ3v) is 7.09. The molecule has 5 nitrogen and oxygen atoms in total. The first-order valence-electron chi connectivity index (χ1n) is 12.4. The summed E-state index contributed by atoms with van der Waals surface area (Å²) in [5, 5.41) is 2.88. The highest BCUT2D eigenvalue weighted by Gasteiger charge is 2.22. The summed E-state index contributed by atoms with van der Waals surface area (Å²) in [5.41, 5.74) is 4.93. The quantitative estimate of drug-likeness (QED) is 0.232. The van der Waals surface area contributed by atoms with Crippen molar-refractivity contribution in [2.24, 2.45) is 0 Å². The number of H-pyrrole nitrogens is 2. The van der Waals surface area contributed by atoms with Crippen LogP contribution in [0.2, 0.25) is 5.02 Å². The average molecular weight is 515 g/mol. The normalized spacial score (nSPS) is 11.3. The number of halogens is 1. The zero-order chi connectivity index (χ0) is 25.5. The van der Waals surface area contributed by atoms with Crippen LogP contribution in [0.25, 0.3) is 27.5 Å². The minimum Gasteiger partial charge on any atom is -0.439 e. The smallest absolute Gasteiger partial charge is 0.197 e. The summed E-state index contributed by atoms with van der Waals surface area (Å²) >= 11 is 7.15. The summed E-state index contributed by atoms with van der Waals surface area (Å²) in [6, 6.07) is 39.0. The Hall–Kier alpha value is -4.87. The molecule has 0 fully saturated rings. The van der Waals surface area contributed by atoms with E-state index in [1.807, 2.05) is 60.9 Å². The first kappa shape index (κ1) is 22.3. The zero-order valence-corrected chi connectivity index (χ0v) is 21.1. The number of nitrogens with zero attached hydrogens (tertiary/aromatic N) is 2. The second kappa shape index (κ2) is 9.21. The number of para-hydroxylation sites is 3. The van der Waals surface area contributed by atoms with Crippen molar-refractivity contribution in [3.63, 3.8) is 0 Å². The lowest BCUT2D eigenvalue weighted by Crippen LogP contribution is -2.12. The number of hydrogen-bond acceptors (Lipinski definition) is 2. The Morgan fingerprint density at radius 2 is 1.32 bits per heavy atom. The van der Waals surface area contributed by atoms with Gasteiger partial charge in [0.05, 0.1) is 22.4 Å². The van der Waals surface area contributed by atoms with Gasteiger partial charge in [-0.1, -0.05) is 66.2 Å². The number of aromatic amines is 2. The van der Waals surface area contributed by atoms with E-state index in [0.717, 1.165) is 33.9 Å². The Morgan fingerprint density at radius 3 is 1.97 bits per heavy atom. The molecule has 3 aromatic heterocycles. The molecule has 0 bridgehead atoms. The van der Waals surface area contributed by atoms with E-state index < -0.39 is 0 Å². The van der Waals surface area contributed by atoms with Gasteiger partial charge in [0, 0.05) is 41.0 Å². The highest BCUT2D eigenvalue weighted by molar-refractivity contribution is 6.35. The zero-order valence-electron chi connectivity index (χ0n) is 20.3. The van der Waals surface area contributed by atoms with Gasteiger partial charge in [-0.3, -0.25) is 4.90 Å². The number of anilines is 3. The number of hydrogen-bond donors (Lipinski definition) is 2. The minimum absolute atomic E-state index is 0.502. The first-order valence-corrected chi connectivity index (χ1v) is 12.8. The molecular formula is C32H23ClN4O. The standard InChI is InChI=1S/C32H23ClN4O/c33-32-28(37(30-16-8-18-34-30)22-10-2-1-3-11-22)20-23(21-29(32)38-31-17-9-19-35-31)36-26-14-6-4-12-24(26)25-13-5-7-15-27(25)36/h1-21,34-35H. The molecule has 0 spiro atoms. The van der Waals surface area contributed by atoms with E-state index in [1.54, 1.807) is 0 Å². The summed E-state index contributed by atoms with van der Waals surface area (Å²) in [5.74, 6) is 2.06. The van der Waals surface area contributed by atoms with Crippen LogP contribution in [0.4, 0.5) is 17.2 Å². The summed E-state index contributed by atoms with van der Waals surface area (Å²) in [4.78, 5) is 8.59. The van der Waals surface area contributed by atoms with Crippen LogP contribution in [0.1, 0.15) is 0 Å². The molecule has 0 amide bonds. The number of nitrogens with one attached hydrogen (secondary N) is 2. The third-order valence-electron chi connectivity index (χ3n) is 6.71. The predicted molar refractivity (Wildman–Crippen MR) is 156 cm³/mol. The summed E-state index contributed by atoms with van der Waals surface area (Å²) in [7, 11) is 0. The maximum Gasteiger partial charge on any atom is 0.197 e. The van der Waals surface area contributed by atoms with Gasteiger partial charge in [-0.2, -0.15) is 0 Å². The van der Waals surface area contributed by atoms with Crippen molar-refractivity contribution >= 4 is 50.6 Å². The number of fused-ring (bicyclic) bond motifs is 3. The van der Waals surface area contributed by atoms with E-state index in [2.05, 4.69) is 86.2 Å². The lowest BCUT2D eigenvalue weighted by Gasteiger charge is -2.26. The Morgan fingerprint density at radius 1 is 0.658 bits per heavy atom. The summed E-state index contributed by atoms with van der Waals surface area (Å²) in [6.07, 6.45) is 3.74. The number of rotatable bonds is 6. The van der Waals surface area contributed by atoms with Gasteiger partial charge in [-0.15, -0.1) is 0 Å². The van der Waals surface area contributed by atoms with Crippen LogP contribution < -0.4 is 9.64 Å². The van der Waals surface area contributed by atoms with Crippen LogP contribution in [-0.4, -0.2) is 14.5 Å². The molecule has 0 aliphatic heterocycles. The van der Waals surface area contributed by atoms with Crippen LogP contribution in [0.5, 0.6) is 11.6 Å². The van der Waals surface area contributed by atoms with Gasteiger partial charge < -0.3 is 19.3 Å². The van der Waals surface area contributed by atoms with E-state index in [0.29, 0.717) is 16.7 Å². The van der Waals surface area contributed by atoms with Crippen molar-refractivity contribution < 1.29 is 4.74 Å². The van der Waals surface area contributed by atoms with Crippen molar-refractivity contribution in [3.05, 3.63) is 133 Å². The highest BCUT2D eigenvalue weighted by Crippen LogP contribution is 2.45. The van der Waals surface area contributed by atoms with Crippen LogP contribution in [-0.2, 0) is 0 Å². The first-order chi connectivity index (χ1) is 18.8. The van der Waals surface area contributed by atoms with Gasteiger partial charge in [-0.25, -0.2) is 0 Å². The molecule has 0 unspecified atom stereocenters. The highest BCUT2D eigenvalue weighted by atomic mass is 35.5. The van der Waals surface area contributed by atoms with E-state index in [4.69, 9.17) is 16.3 Å². The molecule has 6 heteroatoms. The molecule has 38 heavy (non-hydrogen) atoms. The molecule has 0 radical (unpaired) electrons. The van der Waals surface area contributed by atoms with Crippen molar-refractivity contribution in [2.75, 3.05) is 4.90 Å². The van der Waals surface area contributed by atoms with Gasteiger partial charge in [-0.05, 0) is 48.5 Å². The second-order valence-corrected chi connectivity index (χ2v) is 9.39. The fourth-order valence-corrected chi connectivity index (χ4v) is 5.31. The van der Waals surface area contributed by atoms with Gasteiger partial charge in [0.1, 0.15) is 10.8 Å². The monoisotopic (exact) mass is 514 g/mol. The van der Waals surface area contributed by atoms with Gasteiger partial charge >= 0.3 is 0 Å². The van der Waals surface area contributed by atoms with E-state index >= 15 is 0 Å². The number of benzene rings is 4. The Balaban J connectivity index is 1.54. The maximum absolute atomic E-state index is 7.15. The van der Waals surface area contributed by atoms with Crippen LogP contribution in [0.3, 0.4) is 0 Å². The van der Waals surface area contributed by atoms with Gasteiger partial charge in [0.2, 0.25) is 0 Å². The molecule has 184 valence electrons. The molecule has 0 aliphatic rings. The molecule has 0 atom stereocenters. The van der Waals surface area contributed by atoms with Crippen molar-refractivity contribution in [3.8, 4) is 17.3 Å². The van der Waals surface area contributed by atoms with Crippen molar-refractivity contribution in [1.29, 1.82) is 0 Å². The van der Waals surface area contributed by atoms with Gasteiger partial charge in [0.15, 0.2) is 11.6 Å². The molecular weight excluding hydrogens is 492 g/mol. The predicted octanol–water partition coefficient (Wildman–Crippen LogP) is 9.36. The van der Waals surface area contributed by atoms with Crippen molar-refractivity contribution in [1.82, 2.24) is 14.5 Å². The molecule has 7 rings (SSSR count). The van der Waals surface area contributed by atoms with Crippen molar-refractivity contribution in [2.45, 2.75) is 0 Å². The fraction of sp³-hybridized carbons (Fsp3) is 0. The van der Waals surface area contributed by atoms with E-state index in [9.17, 15) is 0 Å². The maximum atomic E-state index is 7.15. The number of ether oxygens (including phenoxy) is 1. The third kappa shape index (κ3) is 3.72. The molecule has 4 aromatic carbocycles. The summed E-state index contributed by atoms with van der Waals surface area (Å²) in [6.45, 7) is 0. The Kier molecular flexibility index (Phi) is 5.42. The molecule has 0 aliphatic carbocycles. The largest absolute Gasteiger partial charge is 0.439 e. The van der Waals surface area contributed by atoms with Crippen LogP contribution in [0.15, 0.2) is 128 Å². The SMILES string of the molecule is Clc1c(Oc2ccc[nH]2)cc(-n2c3ccccc3c3ccccc32)cc1N(c1ccccc1)c1ccc[nH]1. The fourth-order valence-electron chi connectivity index (χ4n) is 5.08. The number of aromatic nitrogens is 3. The Bertz CT molecular complexity index is 1800. The van der Waals surface area contributed by atoms with Crippen LogP contribution >= 0.6 is 11.6 Å². The molecule has 3 heterocycles. The van der Waals surface area contributed by atoms with E-state index in [1.165, 1.54) is 10.8 Å². The topological polar surface area (TPSA) is 49.0 Å². The van der Waals surface area contributed by atoms with Crippen LogP contribution in [0, 0.1) is 0 Å². The molecule has 2 N–H and O–H groups in total. The average Bonchev–Trinajstić information content (AvgIpc) is 3.73. The lowest BCUT2D eigenvalue weighted by atomic mass is 10.2. The second-order valence-electron chi connectivity index (χ2n) is 9.01.